The van der Waals surface area contributed by atoms with Crippen LogP contribution in [0.25, 0.3) is 0 Å². The lowest BCUT2D eigenvalue weighted by Gasteiger charge is -2.44. The molecular formula is C20H24N2O. The highest BCUT2D eigenvalue weighted by molar-refractivity contribution is 5.93. The fourth-order valence-corrected chi connectivity index (χ4v) is 3.57. The molecule has 1 aliphatic rings. The van der Waals surface area contributed by atoms with Crippen molar-refractivity contribution in [3.8, 4) is 0 Å². The van der Waals surface area contributed by atoms with Crippen LogP contribution in [0.5, 0.6) is 0 Å². The lowest BCUT2D eigenvalue weighted by molar-refractivity contribution is -0.117. The highest BCUT2D eigenvalue weighted by Crippen LogP contribution is 2.42. The minimum atomic E-state index is 0.103. The van der Waals surface area contributed by atoms with Gasteiger partial charge < -0.3 is 10.2 Å². The number of nitrogens with zero attached hydrogens (tertiary/aromatic N) is 1. The maximum Gasteiger partial charge on any atom is 0.224 e. The van der Waals surface area contributed by atoms with Crippen LogP contribution in [-0.4, -0.2) is 11.9 Å². The van der Waals surface area contributed by atoms with Crippen molar-refractivity contribution in [1.82, 2.24) is 0 Å². The summed E-state index contributed by atoms with van der Waals surface area (Å²) < 4.78 is 0. The van der Waals surface area contributed by atoms with Crippen LogP contribution in [0.15, 0.2) is 48.5 Å². The summed E-state index contributed by atoms with van der Waals surface area (Å²) >= 11 is 0. The summed E-state index contributed by atoms with van der Waals surface area (Å²) in [5.74, 6) is 0.417. The summed E-state index contributed by atoms with van der Waals surface area (Å²) in [5, 5.41) is 3.68. The monoisotopic (exact) mass is 308 g/mol. The molecule has 3 rings (SSSR count). The van der Waals surface area contributed by atoms with Gasteiger partial charge in [0.15, 0.2) is 0 Å². The number of carbonyl (C=O) groups is 1. The third-order valence-electron chi connectivity index (χ3n) is 4.90. The van der Waals surface area contributed by atoms with Crippen molar-refractivity contribution in [3.63, 3.8) is 0 Å². The minimum absolute atomic E-state index is 0.103. The van der Waals surface area contributed by atoms with E-state index in [1.165, 1.54) is 11.1 Å². The first-order valence-corrected chi connectivity index (χ1v) is 8.21. The summed E-state index contributed by atoms with van der Waals surface area (Å²) in [6, 6.07) is 17.0. The van der Waals surface area contributed by atoms with Crippen LogP contribution in [0.3, 0.4) is 0 Å². The summed E-state index contributed by atoms with van der Waals surface area (Å²) in [6.07, 6.45) is 0. The number of amides is 1. The Kier molecular flexibility index (Phi) is 4.12. The largest absolute Gasteiger partial charge is 0.378 e. The normalized spacial score (nSPS) is 23.3. The van der Waals surface area contributed by atoms with Crippen LogP contribution in [-0.2, 0) is 4.79 Å². The molecule has 0 bridgehead atoms. The molecule has 3 heteroatoms. The predicted molar refractivity (Wildman–Crippen MR) is 95.8 cm³/mol. The number of hydrogen-bond donors (Lipinski definition) is 1. The zero-order valence-corrected chi connectivity index (χ0v) is 14.2. The van der Waals surface area contributed by atoms with E-state index in [0.717, 1.165) is 11.4 Å². The maximum absolute atomic E-state index is 12.1. The van der Waals surface area contributed by atoms with Gasteiger partial charge in [-0.25, -0.2) is 0 Å². The molecule has 2 aromatic carbocycles. The molecule has 0 unspecified atom stereocenters. The summed E-state index contributed by atoms with van der Waals surface area (Å²) in [6.45, 7) is 8.09. The maximum atomic E-state index is 12.1. The Balaban J connectivity index is 2.03. The van der Waals surface area contributed by atoms with Crippen molar-refractivity contribution in [2.75, 3.05) is 10.2 Å². The van der Waals surface area contributed by atoms with Crippen LogP contribution < -0.4 is 10.2 Å². The number of anilines is 2. The van der Waals surface area contributed by atoms with Crippen molar-refractivity contribution in [2.45, 2.75) is 39.8 Å². The van der Waals surface area contributed by atoms with Crippen molar-refractivity contribution in [2.24, 2.45) is 5.92 Å². The standard InChI is InChI=1S/C20H24N2O/c1-13-8-7-9-17(12-13)21-20-14(2)15(3)22(16(4)23)19-11-6-5-10-18(19)20/h5-12,14-15,20-21H,1-4H3/t14-,15-,20+/m0/s1. The van der Waals surface area contributed by atoms with Crippen LogP contribution in [0.4, 0.5) is 11.4 Å². The number of nitrogens with one attached hydrogen (secondary N) is 1. The van der Waals surface area contributed by atoms with Crippen molar-refractivity contribution < 1.29 is 4.79 Å². The summed E-state index contributed by atoms with van der Waals surface area (Å²) in [5.41, 5.74) is 4.58. The second-order valence-electron chi connectivity index (χ2n) is 6.54. The number of rotatable bonds is 2. The quantitative estimate of drug-likeness (QED) is 0.883. The predicted octanol–water partition coefficient (Wildman–Crippen LogP) is 4.54. The second-order valence-corrected chi connectivity index (χ2v) is 6.54. The molecule has 23 heavy (non-hydrogen) atoms. The van der Waals surface area contributed by atoms with Crippen LogP contribution in [0.2, 0.25) is 0 Å². The lowest BCUT2D eigenvalue weighted by atomic mass is 9.82. The molecule has 3 nitrogen and oxygen atoms in total. The first-order chi connectivity index (χ1) is 11.0. The Labute approximate surface area is 138 Å². The van der Waals surface area contributed by atoms with Gasteiger partial charge in [0.25, 0.3) is 0 Å². The molecule has 0 fully saturated rings. The van der Waals surface area contributed by atoms with Crippen LogP contribution >= 0.6 is 0 Å². The lowest BCUT2D eigenvalue weighted by Crippen LogP contribution is -2.48. The number of fused-ring (bicyclic) bond motifs is 1. The molecule has 1 heterocycles. The van der Waals surface area contributed by atoms with Crippen molar-refractivity contribution in [3.05, 3.63) is 59.7 Å². The second kappa shape index (κ2) is 6.07. The molecule has 0 radical (unpaired) electrons. The van der Waals surface area contributed by atoms with Crippen molar-refractivity contribution >= 4 is 17.3 Å². The Hall–Kier alpha value is -2.29. The Morgan fingerprint density at radius 3 is 2.52 bits per heavy atom. The Bertz CT molecular complexity index is 725. The van der Waals surface area contributed by atoms with Crippen molar-refractivity contribution in [1.29, 1.82) is 0 Å². The average Bonchev–Trinajstić information content (AvgIpc) is 2.51. The number of para-hydroxylation sites is 1. The third-order valence-corrected chi connectivity index (χ3v) is 4.90. The molecule has 120 valence electrons. The van der Waals surface area contributed by atoms with Gasteiger partial charge in [0.05, 0.1) is 6.04 Å². The molecule has 0 saturated heterocycles. The van der Waals surface area contributed by atoms with E-state index in [1.807, 2.05) is 23.1 Å². The van der Waals surface area contributed by atoms with E-state index in [0.29, 0.717) is 5.92 Å². The molecule has 2 aromatic rings. The van der Waals surface area contributed by atoms with Gasteiger partial charge in [0.1, 0.15) is 0 Å². The minimum Gasteiger partial charge on any atom is -0.378 e. The zero-order chi connectivity index (χ0) is 16.6. The molecule has 1 N–H and O–H groups in total. The smallest absolute Gasteiger partial charge is 0.224 e. The molecule has 1 amide bonds. The number of benzene rings is 2. The van der Waals surface area contributed by atoms with E-state index in [4.69, 9.17) is 0 Å². The first kappa shape index (κ1) is 15.6. The highest BCUT2D eigenvalue weighted by atomic mass is 16.2. The third kappa shape index (κ3) is 2.83. The van der Waals surface area contributed by atoms with Gasteiger partial charge in [-0.15, -0.1) is 0 Å². The molecular weight excluding hydrogens is 284 g/mol. The topological polar surface area (TPSA) is 32.3 Å². The fourth-order valence-electron chi connectivity index (χ4n) is 3.57. The van der Waals surface area contributed by atoms with Gasteiger partial charge in [-0.3, -0.25) is 4.79 Å². The van der Waals surface area contributed by atoms with E-state index in [2.05, 4.69) is 56.4 Å². The average molecular weight is 308 g/mol. The van der Waals surface area contributed by atoms with E-state index in [-0.39, 0.29) is 18.0 Å². The molecule has 0 spiro atoms. The van der Waals surface area contributed by atoms with E-state index in [1.54, 1.807) is 6.92 Å². The summed E-state index contributed by atoms with van der Waals surface area (Å²) in [7, 11) is 0. The fraction of sp³-hybridized carbons (Fsp3) is 0.350. The van der Waals surface area contributed by atoms with Gasteiger partial charge in [-0.1, -0.05) is 37.3 Å². The van der Waals surface area contributed by atoms with Gasteiger partial charge in [0.2, 0.25) is 5.91 Å². The zero-order valence-electron chi connectivity index (χ0n) is 14.2. The summed E-state index contributed by atoms with van der Waals surface area (Å²) in [4.78, 5) is 14.1. The van der Waals surface area contributed by atoms with Crippen LogP contribution in [0, 0.1) is 12.8 Å². The molecule has 0 aromatic heterocycles. The number of carbonyl (C=O) groups excluding carboxylic acids is 1. The van der Waals surface area contributed by atoms with Gasteiger partial charge in [-0.2, -0.15) is 0 Å². The van der Waals surface area contributed by atoms with E-state index < -0.39 is 0 Å². The van der Waals surface area contributed by atoms with Crippen LogP contribution in [0.1, 0.15) is 37.9 Å². The first-order valence-electron chi connectivity index (χ1n) is 8.21. The van der Waals surface area contributed by atoms with Gasteiger partial charge >= 0.3 is 0 Å². The highest BCUT2D eigenvalue weighted by Gasteiger charge is 2.37. The molecule has 0 aliphatic carbocycles. The number of aryl methyl sites for hydroxylation is 1. The van der Waals surface area contributed by atoms with E-state index in [9.17, 15) is 4.79 Å². The molecule has 0 saturated carbocycles. The molecule has 1 aliphatic heterocycles. The number of hydrogen-bond acceptors (Lipinski definition) is 2. The Morgan fingerprint density at radius 2 is 1.83 bits per heavy atom. The van der Waals surface area contributed by atoms with Gasteiger partial charge in [-0.05, 0) is 43.2 Å². The molecule has 3 atom stereocenters. The Morgan fingerprint density at radius 1 is 1.09 bits per heavy atom. The SMILES string of the molecule is CC(=O)N1c2ccccc2[C@H](Nc2cccc(C)c2)[C@@H](C)[C@@H]1C. The van der Waals surface area contributed by atoms with Gasteiger partial charge in [0, 0.05) is 30.3 Å². The van der Waals surface area contributed by atoms with E-state index >= 15 is 0 Å².